The molecule has 124 valence electrons. The maximum absolute atomic E-state index is 12.6. The van der Waals surface area contributed by atoms with Gasteiger partial charge < -0.3 is 5.32 Å². The van der Waals surface area contributed by atoms with Crippen LogP contribution in [-0.2, 0) is 10.0 Å². The zero-order valence-corrected chi connectivity index (χ0v) is 14.8. The third kappa shape index (κ3) is 4.08. The van der Waals surface area contributed by atoms with E-state index >= 15 is 0 Å². The van der Waals surface area contributed by atoms with Crippen LogP contribution in [0.25, 0.3) is 0 Å². The number of thiophene rings is 1. The summed E-state index contributed by atoms with van der Waals surface area (Å²) in [5.41, 5.74) is 0. The second kappa shape index (κ2) is 7.57. The molecule has 1 N–H and O–H groups in total. The summed E-state index contributed by atoms with van der Waals surface area (Å²) in [6, 6.07) is 1.54. The summed E-state index contributed by atoms with van der Waals surface area (Å²) in [6.07, 6.45) is 3.73. The zero-order chi connectivity index (χ0) is 16.2. The van der Waals surface area contributed by atoms with Gasteiger partial charge in [-0.15, -0.1) is 11.3 Å². The van der Waals surface area contributed by atoms with Gasteiger partial charge in [-0.05, 0) is 43.0 Å². The molecule has 1 saturated heterocycles. The second-order valence-corrected chi connectivity index (χ2v) is 8.84. The highest BCUT2D eigenvalue weighted by molar-refractivity contribution is 7.89. The fourth-order valence-corrected chi connectivity index (χ4v) is 5.36. The van der Waals surface area contributed by atoms with Crippen molar-refractivity contribution in [2.24, 2.45) is 5.92 Å². The van der Waals surface area contributed by atoms with E-state index in [2.05, 4.69) is 19.2 Å². The minimum absolute atomic E-state index is 0.153. The van der Waals surface area contributed by atoms with E-state index in [9.17, 15) is 13.2 Å². The predicted molar refractivity (Wildman–Crippen MR) is 88.7 cm³/mol. The van der Waals surface area contributed by atoms with Gasteiger partial charge in [0.2, 0.25) is 10.0 Å². The van der Waals surface area contributed by atoms with E-state index in [-0.39, 0.29) is 10.8 Å². The molecular formula is C15H24N2O3S2. The number of rotatable bonds is 7. The van der Waals surface area contributed by atoms with Gasteiger partial charge in [0.1, 0.15) is 9.77 Å². The summed E-state index contributed by atoms with van der Waals surface area (Å²) in [5.74, 6) is 0.321. The third-order valence-electron chi connectivity index (χ3n) is 3.76. The molecule has 1 fully saturated rings. The molecule has 1 aromatic heterocycles. The highest BCUT2D eigenvalue weighted by atomic mass is 32.2. The first-order valence-corrected chi connectivity index (χ1v) is 10.1. The molecule has 0 aromatic carbocycles. The first-order chi connectivity index (χ1) is 10.4. The number of carbonyl (C=O) groups is 1. The average molecular weight is 345 g/mol. The van der Waals surface area contributed by atoms with E-state index in [1.807, 2.05) is 0 Å². The second-order valence-electron chi connectivity index (χ2n) is 6.02. The maximum atomic E-state index is 12.6. The Morgan fingerprint density at radius 2 is 2.05 bits per heavy atom. The Hall–Kier alpha value is -0.920. The first-order valence-electron chi connectivity index (χ1n) is 7.78. The number of hydrogen-bond acceptors (Lipinski definition) is 4. The molecule has 0 saturated carbocycles. The van der Waals surface area contributed by atoms with Crippen LogP contribution in [0, 0.1) is 5.92 Å². The number of hydrogen-bond donors (Lipinski definition) is 1. The van der Waals surface area contributed by atoms with E-state index in [0.717, 1.165) is 25.7 Å². The van der Waals surface area contributed by atoms with Crippen LogP contribution in [0.4, 0.5) is 0 Å². The largest absolute Gasteiger partial charge is 0.351 e. The van der Waals surface area contributed by atoms with E-state index in [0.29, 0.717) is 30.4 Å². The fourth-order valence-electron chi connectivity index (χ4n) is 2.53. The summed E-state index contributed by atoms with van der Waals surface area (Å²) in [7, 11) is -3.53. The molecule has 1 aliphatic heterocycles. The summed E-state index contributed by atoms with van der Waals surface area (Å²) >= 11 is 1.19. The summed E-state index contributed by atoms with van der Waals surface area (Å²) in [4.78, 5) is 12.7. The van der Waals surface area contributed by atoms with Gasteiger partial charge >= 0.3 is 0 Å². The van der Waals surface area contributed by atoms with Crippen molar-refractivity contribution in [2.75, 3.05) is 19.6 Å². The van der Waals surface area contributed by atoms with E-state index in [4.69, 9.17) is 0 Å². The Labute approximate surface area is 136 Å². The molecule has 0 bridgehead atoms. The normalized spacial score (nSPS) is 16.3. The van der Waals surface area contributed by atoms with Crippen molar-refractivity contribution in [2.45, 2.75) is 44.4 Å². The van der Waals surface area contributed by atoms with Gasteiger partial charge in [-0.3, -0.25) is 4.79 Å². The Morgan fingerprint density at radius 1 is 1.36 bits per heavy atom. The summed E-state index contributed by atoms with van der Waals surface area (Å²) in [5, 5.41) is 4.50. The number of nitrogens with zero attached hydrogens (tertiary/aromatic N) is 1. The number of carbonyl (C=O) groups excluding carboxylic acids is 1. The minimum atomic E-state index is -3.53. The lowest BCUT2D eigenvalue weighted by molar-refractivity contribution is 0.0953. The molecular weight excluding hydrogens is 320 g/mol. The third-order valence-corrected chi connectivity index (χ3v) is 6.75. The molecule has 2 heterocycles. The SMILES string of the molecule is CC(C)CCCNC(=O)c1sccc1S(=O)(=O)N1CCCC1. The molecule has 0 atom stereocenters. The lowest BCUT2D eigenvalue weighted by Gasteiger charge is -2.15. The molecule has 0 radical (unpaired) electrons. The Morgan fingerprint density at radius 3 is 2.68 bits per heavy atom. The van der Waals surface area contributed by atoms with Gasteiger partial charge in [0.15, 0.2) is 0 Å². The van der Waals surface area contributed by atoms with E-state index in [1.165, 1.54) is 15.6 Å². The van der Waals surface area contributed by atoms with Crippen LogP contribution in [0.15, 0.2) is 16.3 Å². The van der Waals surface area contributed by atoms with Crippen LogP contribution in [0.1, 0.15) is 49.2 Å². The van der Waals surface area contributed by atoms with Crippen molar-refractivity contribution in [3.63, 3.8) is 0 Å². The van der Waals surface area contributed by atoms with Crippen LogP contribution in [0.2, 0.25) is 0 Å². The molecule has 1 aromatic rings. The van der Waals surface area contributed by atoms with Crippen molar-refractivity contribution in [3.05, 3.63) is 16.3 Å². The highest BCUT2D eigenvalue weighted by Gasteiger charge is 2.31. The van der Waals surface area contributed by atoms with Gasteiger partial charge in [0, 0.05) is 19.6 Å². The van der Waals surface area contributed by atoms with Gasteiger partial charge in [0.05, 0.1) is 0 Å². The number of amides is 1. The maximum Gasteiger partial charge on any atom is 0.262 e. The summed E-state index contributed by atoms with van der Waals surface area (Å²) < 4.78 is 26.7. The van der Waals surface area contributed by atoms with Gasteiger partial charge in [0.25, 0.3) is 5.91 Å². The Kier molecular flexibility index (Phi) is 6.00. The standard InChI is InChI=1S/C15H24N2O3S2/c1-12(2)6-5-8-16-15(18)14-13(7-11-21-14)22(19,20)17-9-3-4-10-17/h7,11-12H,3-6,8-10H2,1-2H3,(H,16,18). The monoisotopic (exact) mass is 344 g/mol. The molecule has 0 spiro atoms. The quantitative estimate of drug-likeness (QED) is 0.773. The zero-order valence-electron chi connectivity index (χ0n) is 13.2. The van der Waals surface area contributed by atoms with Crippen LogP contribution in [0.5, 0.6) is 0 Å². The molecule has 1 amide bonds. The molecule has 2 rings (SSSR count). The highest BCUT2D eigenvalue weighted by Crippen LogP contribution is 2.27. The molecule has 1 aliphatic rings. The van der Waals surface area contributed by atoms with Crippen molar-refractivity contribution < 1.29 is 13.2 Å². The fraction of sp³-hybridized carbons (Fsp3) is 0.667. The lowest BCUT2D eigenvalue weighted by atomic mass is 10.1. The van der Waals surface area contributed by atoms with Crippen molar-refractivity contribution in [1.29, 1.82) is 0 Å². The Balaban J connectivity index is 2.04. The lowest BCUT2D eigenvalue weighted by Crippen LogP contribution is -2.30. The number of nitrogens with one attached hydrogen (secondary N) is 1. The van der Waals surface area contributed by atoms with E-state index in [1.54, 1.807) is 11.4 Å². The van der Waals surface area contributed by atoms with Gasteiger partial charge in [-0.2, -0.15) is 4.31 Å². The molecule has 5 nitrogen and oxygen atoms in total. The summed E-state index contributed by atoms with van der Waals surface area (Å²) in [6.45, 7) is 5.96. The van der Waals surface area contributed by atoms with Crippen molar-refractivity contribution in [3.8, 4) is 0 Å². The van der Waals surface area contributed by atoms with Crippen LogP contribution in [0.3, 0.4) is 0 Å². The van der Waals surface area contributed by atoms with E-state index < -0.39 is 10.0 Å². The van der Waals surface area contributed by atoms with Crippen LogP contribution >= 0.6 is 11.3 Å². The van der Waals surface area contributed by atoms with Gasteiger partial charge in [-0.1, -0.05) is 13.8 Å². The Bertz CT molecular complexity index is 602. The molecule has 22 heavy (non-hydrogen) atoms. The average Bonchev–Trinajstić information content (AvgIpc) is 3.12. The smallest absolute Gasteiger partial charge is 0.262 e. The predicted octanol–water partition coefficient (Wildman–Crippen LogP) is 2.70. The number of sulfonamides is 1. The van der Waals surface area contributed by atoms with Crippen LogP contribution < -0.4 is 5.32 Å². The topological polar surface area (TPSA) is 66.5 Å². The van der Waals surface area contributed by atoms with Crippen LogP contribution in [-0.4, -0.2) is 38.3 Å². The van der Waals surface area contributed by atoms with Crippen molar-refractivity contribution >= 4 is 27.3 Å². The first kappa shape index (κ1) is 17.4. The van der Waals surface area contributed by atoms with Crippen molar-refractivity contribution in [1.82, 2.24) is 9.62 Å². The van der Waals surface area contributed by atoms with Gasteiger partial charge in [-0.25, -0.2) is 8.42 Å². The molecule has 7 heteroatoms. The minimum Gasteiger partial charge on any atom is -0.351 e. The molecule has 0 unspecified atom stereocenters. The molecule has 0 aliphatic carbocycles.